The van der Waals surface area contributed by atoms with Crippen molar-refractivity contribution in [3.8, 4) is 0 Å². The second-order valence-electron chi connectivity index (χ2n) is 6.76. The minimum atomic E-state index is 0.0126. The molecule has 0 spiro atoms. The summed E-state index contributed by atoms with van der Waals surface area (Å²) in [6.45, 7) is 8.97. The SMILES string of the molecule is Cc1cc(C)c(C[N+]2(C(C)C)C=C(Br)c3ccc(Br)cc32)c(=O)[nH]1. The highest BCUT2D eigenvalue weighted by Crippen LogP contribution is 2.46. The van der Waals surface area contributed by atoms with Gasteiger partial charge in [-0.05, 0) is 67.4 Å². The van der Waals surface area contributed by atoms with Crippen molar-refractivity contribution in [3.63, 3.8) is 0 Å². The maximum absolute atomic E-state index is 12.6. The predicted molar refractivity (Wildman–Crippen MR) is 108 cm³/mol. The normalized spacial score (nSPS) is 19.5. The van der Waals surface area contributed by atoms with E-state index in [0.717, 1.165) is 25.8 Å². The molecule has 24 heavy (non-hydrogen) atoms. The maximum atomic E-state index is 12.6. The number of benzene rings is 1. The molecular formula is C19H21Br2N2O+. The Morgan fingerprint density at radius 2 is 1.88 bits per heavy atom. The molecular weight excluding hydrogens is 432 g/mol. The minimum absolute atomic E-state index is 0.0126. The van der Waals surface area contributed by atoms with Gasteiger partial charge in [-0.15, -0.1) is 0 Å². The largest absolute Gasteiger partial charge is 0.326 e. The van der Waals surface area contributed by atoms with Gasteiger partial charge in [-0.1, -0.05) is 15.9 Å². The minimum Gasteiger partial charge on any atom is -0.326 e. The molecule has 5 heteroatoms. The maximum Gasteiger partial charge on any atom is 0.257 e. The van der Waals surface area contributed by atoms with Gasteiger partial charge in [-0.25, -0.2) is 0 Å². The van der Waals surface area contributed by atoms with Crippen LogP contribution in [0.25, 0.3) is 4.48 Å². The number of aromatic nitrogens is 1. The molecule has 0 saturated carbocycles. The number of nitrogens with zero attached hydrogens (tertiary/aromatic N) is 1. The van der Waals surface area contributed by atoms with E-state index in [1.54, 1.807) is 0 Å². The van der Waals surface area contributed by atoms with Crippen LogP contribution in [0.1, 0.15) is 36.2 Å². The topological polar surface area (TPSA) is 32.9 Å². The summed E-state index contributed by atoms with van der Waals surface area (Å²) >= 11 is 7.30. The quantitative estimate of drug-likeness (QED) is 0.623. The van der Waals surface area contributed by atoms with E-state index in [4.69, 9.17) is 0 Å². The number of hydrogen-bond acceptors (Lipinski definition) is 1. The van der Waals surface area contributed by atoms with E-state index in [1.165, 1.54) is 11.3 Å². The van der Waals surface area contributed by atoms with Crippen molar-refractivity contribution in [2.24, 2.45) is 0 Å². The van der Waals surface area contributed by atoms with Crippen LogP contribution in [0.15, 0.2) is 39.7 Å². The summed E-state index contributed by atoms with van der Waals surface area (Å²) in [5, 5.41) is 0. The summed E-state index contributed by atoms with van der Waals surface area (Å²) in [5.41, 5.74) is 5.21. The van der Waals surface area contributed by atoms with Crippen LogP contribution in [0.5, 0.6) is 0 Å². The zero-order chi connectivity index (χ0) is 17.6. The molecule has 3 rings (SSSR count). The number of hydrogen-bond donors (Lipinski definition) is 1. The van der Waals surface area contributed by atoms with Crippen LogP contribution in [0.3, 0.4) is 0 Å². The molecule has 0 bridgehead atoms. The van der Waals surface area contributed by atoms with E-state index in [1.807, 2.05) is 19.9 Å². The Bertz CT molecular complexity index is 899. The van der Waals surface area contributed by atoms with Crippen LogP contribution in [-0.2, 0) is 6.54 Å². The summed E-state index contributed by atoms with van der Waals surface area (Å²) in [4.78, 5) is 15.5. The molecule has 0 fully saturated rings. The molecule has 1 aromatic heterocycles. The van der Waals surface area contributed by atoms with Crippen LogP contribution in [0, 0.1) is 13.8 Å². The van der Waals surface area contributed by atoms with Crippen LogP contribution in [-0.4, -0.2) is 11.0 Å². The summed E-state index contributed by atoms with van der Waals surface area (Å²) in [7, 11) is 0. The van der Waals surface area contributed by atoms with Crippen molar-refractivity contribution in [1.82, 2.24) is 9.47 Å². The van der Waals surface area contributed by atoms with Crippen LogP contribution in [0.4, 0.5) is 5.69 Å². The first-order valence-corrected chi connectivity index (χ1v) is 9.59. The molecule has 1 unspecified atom stereocenters. The van der Waals surface area contributed by atoms with Gasteiger partial charge in [0.05, 0.1) is 21.7 Å². The monoisotopic (exact) mass is 451 g/mol. The predicted octanol–water partition coefficient (Wildman–Crippen LogP) is 5.38. The molecule has 0 aliphatic carbocycles. The van der Waals surface area contributed by atoms with Crippen molar-refractivity contribution in [2.45, 2.75) is 40.3 Å². The highest BCUT2D eigenvalue weighted by atomic mass is 79.9. The molecule has 0 amide bonds. The molecule has 1 N–H and O–H groups in total. The zero-order valence-electron chi connectivity index (χ0n) is 14.3. The summed E-state index contributed by atoms with van der Waals surface area (Å²) in [6, 6.07) is 8.68. The average molecular weight is 453 g/mol. The molecule has 0 saturated heterocycles. The fraction of sp³-hybridized carbons (Fsp3) is 0.316. The number of fused-ring (bicyclic) bond motifs is 1. The van der Waals surface area contributed by atoms with Crippen molar-refractivity contribution in [1.29, 1.82) is 0 Å². The van der Waals surface area contributed by atoms with Gasteiger partial charge in [-0.3, -0.25) is 9.28 Å². The highest BCUT2D eigenvalue weighted by molar-refractivity contribution is 9.15. The molecule has 2 heterocycles. The van der Waals surface area contributed by atoms with Crippen LogP contribution >= 0.6 is 31.9 Å². The van der Waals surface area contributed by atoms with Gasteiger partial charge < -0.3 is 4.98 Å². The van der Waals surface area contributed by atoms with E-state index in [0.29, 0.717) is 17.1 Å². The molecule has 1 aliphatic heterocycles. The third-order valence-electron chi connectivity index (χ3n) is 4.84. The van der Waals surface area contributed by atoms with E-state index in [2.05, 4.69) is 75.1 Å². The second-order valence-corrected chi connectivity index (χ2v) is 8.53. The average Bonchev–Trinajstić information content (AvgIpc) is 2.76. The standard InChI is InChI=1S/C19H20Br2N2O/c1-11(2)23(9-16-12(3)7-13(4)22-19(16)24)10-17(21)15-6-5-14(20)8-18(15)23/h5-8,10-11H,9H2,1-4H3/p+1. The van der Waals surface area contributed by atoms with Gasteiger partial charge in [0.1, 0.15) is 18.4 Å². The first kappa shape index (κ1) is 17.6. The molecule has 0 radical (unpaired) electrons. The molecule has 2 aromatic rings. The molecule has 1 atom stereocenters. The van der Waals surface area contributed by atoms with Gasteiger partial charge in [0, 0.05) is 16.2 Å². The lowest BCUT2D eigenvalue weighted by Gasteiger charge is -2.36. The summed E-state index contributed by atoms with van der Waals surface area (Å²) in [5.74, 6) is 0. The van der Waals surface area contributed by atoms with Crippen molar-refractivity contribution < 1.29 is 0 Å². The number of nitrogens with one attached hydrogen (secondary N) is 1. The Morgan fingerprint density at radius 1 is 1.17 bits per heavy atom. The first-order chi connectivity index (χ1) is 11.2. The third kappa shape index (κ3) is 2.83. The Kier molecular flexibility index (Phi) is 4.62. The smallest absolute Gasteiger partial charge is 0.257 e. The number of H-pyrrole nitrogens is 1. The van der Waals surface area contributed by atoms with Crippen molar-refractivity contribution in [3.05, 3.63) is 67.7 Å². The van der Waals surface area contributed by atoms with Crippen molar-refractivity contribution in [2.75, 3.05) is 0 Å². The lowest BCUT2D eigenvalue weighted by molar-refractivity contribution is 0.303. The first-order valence-electron chi connectivity index (χ1n) is 8.00. The Morgan fingerprint density at radius 3 is 2.50 bits per heavy atom. The lowest BCUT2D eigenvalue weighted by atomic mass is 10.1. The van der Waals surface area contributed by atoms with Crippen LogP contribution < -0.4 is 10.0 Å². The summed E-state index contributed by atoms with van der Waals surface area (Å²) in [6.07, 6.45) is 2.22. The molecule has 1 aliphatic rings. The number of quaternary nitrogens is 1. The highest BCUT2D eigenvalue weighted by Gasteiger charge is 2.41. The van der Waals surface area contributed by atoms with Gasteiger partial charge in [-0.2, -0.15) is 0 Å². The van der Waals surface area contributed by atoms with E-state index < -0.39 is 0 Å². The van der Waals surface area contributed by atoms with Gasteiger partial charge in [0.2, 0.25) is 0 Å². The number of aryl methyl sites for hydroxylation is 2. The number of rotatable bonds is 3. The number of aromatic amines is 1. The third-order valence-corrected chi connectivity index (χ3v) is 5.97. The van der Waals surface area contributed by atoms with E-state index >= 15 is 0 Å². The fourth-order valence-corrected chi connectivity index (χ4v) is 4.52. The van der Waals surface area contributed by atoms with E-state index in [9.17, 15) is 4.79 Å². The molecule has 126 valence electrons. The Hall–Kier alpha value is -1.17. The van der Waals surface area contributed by atoms with E-state index in [-0.39, 0.29) is 5.56 Å². The molecule has 1 aromatic carbocycles. The number of halogens is 2. The Balaban J connectivity index is 2.21. The fourth-order valence-electron chi connectivity index (χ4n) is 3.47. The van der Waals surface area contributed by atoms with Gasteiger partial charge >= 0.3 is 0 Å². The van der Waals surface area contributed by atoms with Gasteiger partial charge in [0.15, 0.2) is 0 Å². The zero-order valence-corrected chi connectivity index (χ0v) is 17.5. The van der Waals surface area contributed by atoms with Crippen molar-refractivity contribution >= 4 is 42.0 Å². The summed E-state index contributed by atoms with van der Waals surface area (Å²) < 4.78 is 2.76. The van der Waals surface area contributed by atoms with Gasteiger partial charge in [0.25, 0.3) is 5.56 Å². The molecule has 3 nitrogen and oxygen atoms in total. The van der Waals surface area contributed by atoms with Crippen LogP contribution in [0.2, 0.25) is 0 Å². The lowest BCUT2D eigenvalue weighted by Crippen LogP contribution is -2.49. The second kappa shape index (κ2) is 6.28. The number of pyridine rings is 1. The Labute approximate surface area is 159 Å².